The highest BCUT2D eigenvalue weighted by atomic mass is 14.2. The molecule has 4 rings (SSSR count). The average molecular weight is 258 g/mol. The zero-order chi connectivity index (χ0) is 13.4. The molecule has 0 spiro atoms. The van der Waals surface area contributed by atoms with Crippen molar-refractivity contribution in [1.82, 2.24) is 0 Å². The standard InChI is InChI=1S/C20H18/c1-3-11-17-15(7-1)9-5-13-19(17)20-14-6-10-16-8-2-4-12-18(16)20/h1,3,5-7,9-11,13-14H,2,4,8,12H2. The fourth-order valence-electron chi connectivity index (χ4n) is 3.49. The molecule has 0 atom stereocenters. The van der Waals surface area contributed by atoms with Gasteiger partial charge in [0, 0.05) is 0 Å². The third-order valence-corrected chi connectivity index (χ3v) is 4.48. The highest BCUT2D eigenvalue weighted by molar-refractivity contribution is 5.97. The molecule has 3 aromatic carbocycles. The monoisotopic (exact) mass is 258 g/mol. The van der Waals surface area contributed by atoms with E-state index in [9.17, 15) is 0 Å². The summed E-state index contributed by atoms with van der Waals surface area (Å²) in [6, 6.07) is 22.2. The summed E-state index contributed by atoms with van der Waals surface area (Å²) in [5, 5.41) is 2.70. The molecule has 98 valence electrons. The molecule has 0 heterocycles. The van der Waals surface area contributed by atoms with E-state index in [1.54, 1.807) is 11.1 Å². The van der Waals surface area contributed by atoms with E-state index in [4.69, 9.17) is 0 Å². The molecular formula is C20H18. The summed E-state index contributed by atoms with van der Waals surface area (Å²) in [6.07, 6.45) is 5.14. The summed E-state index contributed by atoms with van der Waals surface area (Å²) >= 11 is 0. The van der Waals surface area contributed by atoms with Gasteiger partial charge in [0.2, 0.25) is 0 Å². The lowest BCUT2D eigenvalue weighted by Crippen LogP contribution is -2.04. The van der Waals surface area contributed by atoms with Crippen LogP contribution in [0.25, 0.3) is 21.9 Å². The minimum absolute atomic E-state index is 1.23. The number of hydrogen-bond donors (Lipinski definition) is 0. The maximum atomic E-state index is 2.31. The first kappa shape index (κ1) is 11.7. The quantitative estimate of drug-likeness (QED) is 0.549. The molecule has 0 saturated carbocycles. The number of aryl methyl sites for hydroxylation is 1. The second kappa shape index (κ2) is 4.79. The largest absolute Gasteiger partial charge is 0.0616 e. The predicted octanol–water partition coefficient (Wildman–Crippen LogP) is 5.39. The summed E-state index contributed by atoms with van der Waals surface area (Å²) in [5.41, 5.74) is 5.97. The second-order valence-electron chi connectivity index (χ2n) is 5.68. The van der Waals surface area contributed by atoms with Gasteiger partial charge in [-0.3, -0.25) is 0 Å². The zero-order valence-corrected chi connectivity index (χ0v) is 11.6. The van der Waals surface area contributed by atoms with Gasteiger partial charge in [0.1, 0.15) is 0 Å². The Labute approximate surface area is 120 Å². The van der Waals surface area contributed by atoms with E-state index in [2.05, 4.69) is 60.7 Å². The topological polar surface area (TPSA) is 0 Å². The van der Waals surface area contributed by atoms with Crippen LogP contribution < -0.4 is 0 Å². The Bertz CT molecular complexity index is 763. The summed E-state index contributed by atoms with van der Waals surface area (Å²) in [4.78, 5) is 0. The first-order valence-electron chi connectivity index (χ1n) is 7.52. The van der Waals surface area contributed by atoms with Gasteiger partial charge in [0.25, 0.3) is 0 Å². The van der Waals surface area contributed by atoms with Gasteiger partial charge in [-0.25, -0.2) is 0 Å². The molecule has 0 aromatic heterocycles. The van der Waals surface area contributed by atoms with Gasteiger partial charge in [0.15, 0.2) is 0 Å². The first-order chi connectivity index (χ1) is 9.93. The first-order valence-corrected chi connectivity index (χ1v) is 7.52. The number of fused-ring (bicyclic) bond motifs is 2. The molecule has 20 heavy (non-hydrogen) atoms. The molecule has 1 aliphatic carbocycles. The van der Waals surface area contributed by atoms with E-state index < -0.39 is 0 Å². The molecule has 1 aliphatic rings. The Morgan fingerprint density at radius 2 is 1.35 bits per heavy atom. The normalized spacial score (nSPS) is 14.2. The fourth-order valence-corrected chi connectivity index (χ4v) is 3.49. The Morgan fingerprint density at radius 3 is 2.35 bits per heavy atom. The van der Waals surface area contributed by atoms with Crippen LogP contribution in [0.15, 0.2) is 60.7 Å². The predicted molar refractivity (Wildman–Crippen MR) is 86.0 cm³/mol. The van der Waals surface area contributed by atoms with Crippen molar-refractivity contribution in [3.8, 4) is 11.1 Å². The zero-order valence-electron chi connectivity index (χ0n) is 11.6. The van der Waals surface area contributed by atoms with Crippen molar-refractivity contribution in [3.05, 3.63) is 71.8 Å². The maximum Gasteiger partial charge on any atom is -0.0103 e. The lowest BCUT2D eigenvalue weighted by Gasteiger charge is -2.20. The Morgan fingerprint density at radius 1 is 0.600 bits per heavy atom. The van der Waals surface area contributed by atoms with Crippen LogP contribution in [0.1, 0.15) is 24.0 Å². The number of benzene rings is 3. The van der Waals surface area contributed by atoms with Gasteiger partial charge in [-0.2, -0.15) is 0 Å². The third kappa shape index (κ3) is 1.84. The molecule has 0 aliphatic heterocycles. The highest BCUT2D eigenvalue weighted by Gasteiger charge is 2.14. The number of hydrogen-bond acceptors (Lipinski definition) is 0. The lowest BCUT2D eigenvalue weighted by atomic mass is 9.85. The summed E-state index contributed by atoms with van der Waals surface area (Å²) < 4.78 is 0. The van der Waals surface area contributed by atoms with Gasteiger partial charge in [0.05, 0.1) is 0 Å². The van der Waals surface area contributed by atoms with Gasteiger partial charge in [-0.1, -0.05) is 60.7 Å². The maximum absolute atomic E-state index is 2.31. The van der Waals surface area contributed by atoms with Crippen molar-refractivity contribution in [2.45, 2.75) is 25.7 Å². The van der Waals surface area contributed by atoms with Crippen LogP contribution >= 0.6 is 0 Å². The van der Waals surface area contributed by atoms with Crippen LogP contribution in [-0.2, 0) is 12.8 Å². The van der Waals surface area contributed by atoms with Crippen molar-refractivity contribution >= 4 is 10.8 Å². The van der Waals surface area contributed by atoms with E-state index in [0.29, 0.717) is 0 Å². The minimum atomic E-state index is 1.23. The molecule has 0 heteroatoms. The van der Waals surface area contributed by atoms with Crippen molar-refractivity contribution in [2.75, 3.05) is 0 Å². The Hall–Kier alpha value is -2.08. The van der Waals surface area contributed by atoms with Crippen LogP contribution in [0, 0.1) is 0 Å². The van der Waals surface area contributed by atoms with E-state index in [1.807, 2.05) is 0 Å². The van der Waals surface area contributed by atoms with Crippen LogP contribution in [-0.4, -0.2) is 0 Å². The van der Waals surface area contributed by atoms with Crippen molar-refractivity contribution in [1.29, 1.82) is 0 Å². The summed E-state index contributed by atoms with van der Waals surface area (Å²) in [7, 11) is 0. The Kier molecular flexibility index (Phi) is 2.81. The fraction of sp³-hybridized carbons (Fsp3) is 0.200. The van der Waals surface area contributed by atoms with Crippen molar-refractivity contribution in [3.63, 3.8) is 0 Å². The van der Waals surface area contributed by atoms with Gasteiger partial charge in [-0.15, -0.1) is 0 Å². The Balaban J connectivity index is 2.00. The molecule has 0 radical (unpaired) electrons. The van der Waals surface area contributed by atoms with E-state index in [1.165, 1.54) is 47.6 Å². The average Bonchev–Trinajstić information content (AvgIpc) is 2.54. The van der Waals surface area contributed by atoms with Crippen LogP contribution in [0.5, 0.6) is 0 Å². The van der Waals surface area contributed by atoms with Crippen LogP contribution in [0.3, 0.4) is 0 Å². The molecule has 0 nitrogen and oxygen atoms in total. The summed E-state index contributed by atoms with van der Waals surface area (Å²) in [6.45, 7) is 0. The third-order valence-electron chi connectivity index (χ3n) is 4.48. The summed E-state index contributed by atoms with van der Waals surface area (Å²) in [5.74, 6) is 0. The molecule has 0 bridgehead atoms. The van der Waals surface area contributed by atoms with Crippen molar-refractivity contribution < 1.29 is 0 Å². The van der Waals surface area contributed by atoms with Gasteiger partial charge < -0.3 is 0 Å². The van der Waals surface area contributed by atoms with Crippen molar-refractivity contribution in [2.24, 2.45) is 0 Å². The molecule has 0 fully saturated rings. The van der Waals surface area contributed by atoms with E-state index in [0.717, 1.165) is 0 Å². The van der Waals surface area contributed by atoms with Crippen LogP contribution in [0.4, 0.5) is 0 Å². The van der Waals surface area contributed by atoms with Crippen LogP contribution in [0.2, 0.25) is 0 Å². The highest BCUT2D eigenvalue weighted by Crippen LogP contribution is 2.35. The minimum Gasteiger partial charge on any atom is -0.0616 e. The van der Waals surface area contributed by atoms with Gasteiger partial charge in [-0.05, 0) is 58.7 Å². The molecule has 0 saturated heterocycles. The van der Waals surface area contributed by atoms with E-state index in [-0.39, 0.29) is 0 Å². The molecular weight excluding hydrogens is 240 g/mol. The number of rotatable bonds is 1. The van der Waals surface area contributed by atoms with Gasteiger partial charge >= 0.3 is 0 Å². The molecule has 0 unspecified atom stereocenters. The van der Waals surface area contributed by atoms with E-state index >= 15 is 0 Å². The molecule has 3 aromatic rings. The molecule has 0 amide bonds. The SMILES string of the molecule is c1cc2c(c(-c3cccc4ccccc34)c1)CCCC2. The smallest absolute Gasteiger partial charge is 0.0103 e. The lowest BCUT2D eigenvalue weighted by molar-refractivity contribution is 0.687. The molecule has 0 N–H and O–H groups in total. The second-order valence-corrected chi connectivity index (χ2v) is 5.68.